The van der Waals surface area contributed by atoms with E-state index in [-0.39, 0.29) is 11.3 Å². The van der Waals surface area contributed by atoms with Crippen molar-refractivity contribution in [3.8, 4) is 11.5 Å². The number of amides is 1. The third-order valence-corrected chi connectivity index (χ3v) is 7.02. The van der Waals surface area contributed by atoms with Gasteiger partial charge in [0.05, 0.1) is 19.7 Å². The van der Waals surface area contributed by atoms with Crippen molar-refractivity contribution < 1.29 is 14.3 Å². The minimum atomic E-state index is -0.121. The van der Waals surface area contributed by atoms with Crippen molar-refractivity contribution in [3.05, 3.63) is 48.0 Å². The first-order valence-corrected chi connectivity index (χ1v) is 12.1. The lowest BCUT2D eigenvalue weighted by Gasteiger charge is -2.44. The Morgan fingerprint density at radius 3 is 2.37 bits per heavy atom. The number of carbonyl (C=O) groups is 1. The van der Waals surface area contributed by atoms with Crippen LogP contribution < -0.4 is 20.1 Å². The quantitative estimate of drug-likeness (QED) is 0.524. The van der Waals surface area contributed by atoms with E-state index in [0.717, 1.165) is 37.7 Å². The number of fused-ring (bicyclic) bond motifs is 1. The second-order valence-electron chi connectivity index (χ2n) is 9.27. The van der Waals surface area contributed by atoms with Crippen LogP contribution in [-0.2, 0) is 10.2 Å². The van der Waals surface area contributed by atoms with Crippen molar-refractivity contribution in [3.63, 3.8) is 0 Å². The number of nitrogen functional groups attached to an aromatic ring is 1. The maximum Gasteiger partial charge on any atom is 0.227 e. The number of aromatic nitrogens is 2. The summed E-state index contributed by atoms with van der Waals surface area (Å²) in [6.45, 7) is 4.26. The Labute approximate surface area is 207 Å². The minimum absolute atomic E-state index is 0.121. The van der Waals surface area contributed by atoms with Crippen LogP contribution in [0.3, 0.4) is 0 Å². The van der Waals surface area contributed by atoms with Gasteiger partial charge in [-0.25, -0.2) is 4.98 Å². The largest absolute Gasteiger partial charge is 0.493 e. The molecule has 8 heteroatoms. The normalized spacial score (nSPS) is 15.1. The number of methoxy groups -OCH3 is 2. The molecule has 0 bridgehead atoms. The van der Waals surface area contributed by atoms with E-state index in [0.29, 0.717) is 41.7 Å². The standard InChI is InChI=1S/C27H35N5O3/c1-5-9-24(33)32-14-12-27(13-15-32,19-10-7-6-8-11-19)18-31(2)26-29-21-17-23(35-4)22(34-3)16-20(21)25(28)30-26/h6-8,10-11,16-17H,5,9,12-15,18H2,1-4H3,(H2,28,29,30). The first-order chi connectivity index (χ1) is 16.9. The number of hydrogen-bond donors (Lipinski definition) is 1. The number of nitrogens with two attached hydrogens (primary N) is 1. The first-order valence-electron chi connectivity index (χ1n) is 12.1. The Hall–Kier alpha value is -3.55. The van der Waals surface area contributed by atoms with Crippen molar-refractivity contribution in [1.82, 2.24) is 14.9 Å². The minimum Gasteiger partial charge on any atom is -0.493 e. The smallest absolute Gasteiger partial charge is 0.227 e. The van der Waals surface area contributed by atoms with E-state index < -0.39 is 0 Å². The molecule has 0 unspecified atom stereocenters. The van der Waals surface area contributed by atoms with Crippen LogP contribution in [0.25, 0.3) is 10.9 Å². The van der Waals surface area contributed by atoms with Gasteiger partial charge in [0, 0.05) is 50.0 Å². The molecule has 0 aliphatic carbocycles. The molecule has 0 radical (unpaired) electrons. The van der Waals surface area contributed by atoms with Gasteiger partial charge >= 0.3 is 0 Å². The van der Waals surface area contributed by atoms with E-state index in [9.17, 15) is 4.79 Å². The number of rotatable bonds is 8. The molecule has 1 aromatic heterocycles. The Morgan fingerprint density at radius 2 is 1.74 bits per heavy atom. The lowest BCUT2D eigenvalue weighted by atomic mass is 9.72. The summed E-state index contributed by atoms with van der Waals surface area (Å²) < 4.78 is 10.9. The van der Waals surface area contributed by atoms with Crippen LogP contribution in [0.4, 0.5) is 11.8 Å². The zero-order valence-corrected chi connectivity index (χ0v) is 21.1. The molecule has 2 aromatic carbocycles. The van der Waals surface area contributed by atoms with E-state index in [1.165, 1.54) is 5.56 Å². The molecule has 35 heavy (non-hydrogen) atoms. The van der Waals surface area contributed by atoms with Gasteiger partial charge in [0.15, 0.2) is 11.5 Å². The number of carbonyl (C=O) groups excluding carboxylic acids is 1. The van der Waals surface area contributed by atoms with Gasteiger partial charge in [-0.15, -0.1) is 0 Å². The van der Waals surface area contributed by atoms with Gasteiger partial charge in [-0.1, -0.05) is 37.3 Å². The van der Waals surface area contributed by atoms with Crippen LogP contribution in [0.5, 0.6) is 11.5 Å². The van der Waals surface area contributed by atoms with Crippen molar-refractivity contribution in [1.29, 1.82) is 0 Å². The van der Waals surface area contributed by atoms with Crippen LogP contribution in [0.15, 0.2) is 42.5 Å². The van der Waals surface area contributed by atoms with Gasteiger partial charge in [-0.05, 0) is 30.9 Å². The molecule has 1 amide bonds. The van der Waals surface area contributed by atoms with Gasteiger partial charge < -0.3 is 25.0 Å². The second kappa shape index (κ2) is 10.4. The van der Waals surface area contributed by atoms with Gasteiger partial charge in [-0.3, -0.25) is 4.79 Å². The van der Waals surface area contributed by atoms with Crippen molar-refractivity contribution in [2.75, 3.05) is 51.5 Å². The fraction of sp³-hybridized carbons (Fsp3) is 0.444. The van der Waals surface area contributed by atoms with Crippen LogP contribution in [0, 0.1) is 0 Å². The summed E-state index contributed by atoms with van der Waals surface area (Å²) in [7, 11) is 5.19. The van der Waals surface area contributed by atoms with E-state index in [2.05, 4.69) is 34.1 Å². The summed E-state index contributed by atoms with van der Waals surface area (Å²) >= 11 is 0. The highest BCUT2D eigenvalue weighted by molar-refractivity contribution is 5.91. The van der Waals surface area contributed by atoms with E-state index in [1.807, 2.05) is 37.1 Å². The summed E-state index contributed by atoms with van der Waals surface area (Å²) in [5.74, 6) is 2.38. The molecule has 8 nitrogen and oxygen atoms in total. The van der Waals surface area contributed by atoms with E-state index in [1.54, 1.807) is 14.2 Å². The zero-order valence-electron chi connectivity index (χ0n) is 21.1. The maximum absolute atomic E-state index is 12.5. The molecule has 0 spiro atoms. The van der Waals surface area contributed by atoms with E-state index in [4.69, 9.17) is 20.2 Å². The predicted molar refractivity (Wildman–Crippen MR) is 139 cm³/mol. The molecule has 0 saturated carbocycles. The molecular formula is C27H35N5O3. The highest BCUT2D eigenvalue weighted by Gasteiger charge is 2.38. The molecule has 1 fully saturated rings. The third kappa shape index (κ3) is 4.97. The van der Waals surface area contributed by atoms with Crippen LogP contribution in [-0.4, -0.2) is 61.7 Å². The highest BCUT2D eigenvalue weighted by Crippen LogP contribution is 2.38. The number of anilines is 2. The number of ether oxygens (including phenoxy) is 2. The first kappa shape index (κ1) is 24.6. The monoisotopic (exact) mass is 477 g/mol. The molecular weight excluding hydrogens is 442 g/mol. The number of benzene rings is 2. The molecule has 2 heterocycles. The maximum atomic E-state index is 12.5. The fourth-order valence-corrected chi connectivity index (χ4v) is 5.05. The topological polar surface area (TPSA) is 93.8 Å². The van der Waals surface area contributed by atoms with E-state index >= 15 is 0 Å². The summed E-state index contributed by atoms with van der Waals surface area (Å²) in [5.41, 5.74) is 8.20. The van der Waals surface area contributed by atoms with Crippen LogP contribution in [0.2, 0.25) is 0 Å². The van der Waals surface area contributed by atoms with Crippen LogP contribution >= 0.6 is 0 Å². The lowest BCUT2D eigenvalue weighted by molar-refractivity contribution is -0.132. The van der Waals surface area contributed by atoms with Crippen molar-refractivity contribution >= 4 is 28.6 Å². The summed E-state index contributed by atoms with van der Waals surface area (Å²) in [5, 5.41) is 0.723. The number of likely N-dealkylation sites (N-methyl/N-ethyl adjacent to an activating group) is 1. The molecule has 1 saturated heterocycles. The average Bonchev–Trinajstić information content (AvgIpc) is 2.88. The number of piperidine rings is 1. The zero-order chi connectivity index (χ0) is 25.0. The number of likely N-dealkylation sites (tertiary alicyclic amines) is 1. The van der Waals surface area contributed by atoms with Crippen LogP contribution in [0.1, 0.15) is 38.2 Å². The van der Waals surface area contributed by atoms with Gasteiger partial charge in [0.25, 0.3) is 0 Å². The summed E-state index contributed by atoms with van der Waals surface area (Å²) in [4.78, 5) is 26.0. The summed E-state index contributed by atoms with van der Waals surface area (Å²) in [6, 6.07) is 14.2. The van der Waals surface area contributed by atoms with Crippen molar-refractivity contribution in [2.45, 2.75) is 38.0 Å². The Balaban J connectivity index is 1.64. The Kier molecular flexibility index (Phi) is 7.28. The van der Waals surface area contributed by atoms with Gasteiger partial charge in [-0.2, -0.15) is 4.98 Å². The van der Waals surface area contributed by atoms with Gasteiger partial charge in [0.2, 0.25) is 11.9 Å². The number of hydrogen-bond acceptors (Lipinski definition) is 7. The fourth-order valence-electron chi connectivity index (χ4n) is 5.05. The van der Waals surface area contributed by atoms with Gasteiger partial charge in [0.1, 0.15) is 5.82 Å². The Bertz CT molecular complexity index is 1180. The molecule has 3 aromatic rings. The average molecular weight is 478 g/mol. The molecule has 4 rings (SSSR count). The number of nitrogens with zero attached hydrogens (tertiary/aromatic N) is 4. The molecule has 2 N–H and O–H groups in total. The summed E-state index contributed by atoms with van der Waals surface area (Å²) in [6.07, 6.45) is 3.24. The lowest BCUT2D eigenvalue weighted by Crippen LogP contribution is -2.50. The molecule has 186 valence electrons. The second-order valence-corrected chi connectivity index (χ2v) is 9.27. The highest BCUT2D eigenvalue weighted by atomic mass is 16.5. The molecule has 0 atom stereocenters. The molecule has 1 aliphatic rings. The molecule has 1 aliphatic heterocycles. The Morgan fingerprint density at radius 1 is 1.09 bits per heavy atom. The van der Waals surface area contributed by atoms with Crippen molar-refractivity contribution in [2.24, 2.45) is 0 Å². The predicted octanol–water partition coefficient (Wildman–Crippen LogP) is 4.03. The third-order valence-electron chi connectivity index (χ3n) is 7.02. The SMILES string of the molecule is CCCC(=O)N1CCC(CN(C)c2nc(N)c3cc(OC)c(OC)cc3n2)(c2ccccc2)CC1.